The van der Waals surface area contributed by atoms with E-state index in [0.717, 1.165) is 17.0 Å². The number of nitrogen functional groups attached to an aromatic ring is 1. The average molecular weight is 149 g/mol. The Balaban J connectivity index is 3.06. The van der Waals surface area contributed by atoms with Gasteiger partial charge in [0.2, 0.25) is 0 Å². The molecule has 0 aliphatic carbocycles. The maximum atomic E-state index is 5.56. The molecule has 1 aromatic rings. The summed E-state index contributed by atoms with van der Waals surface area (Å²) in [4.78, 5) is 0. The number of nitrogens with two attached hydrogens (primary N) is 2. The molecule has 0 saturated heterocycles. The number of hydrogen-bond acceptors (Lipinski definition) is 3. The zero-order valence-electron chi connectivity index (χ0n) is 6.41. The lowest BCUT2D eigenvalue weighted by Gasteiger charge is -1.98. The molecule has 0 amide bonds. The largest absolute Gasteiger partial charge is 0.399 e. The summed E-state index contributed by atoms with van der Waals surface area (Å²) >= 11 is 0. The van der Waals surface area contributed by atoms with Crippen LogP contribution in [-0.4, -0.2) is 5.71 Å². The zero-order chi connectivity index (χ0) is 8.27. The Morgan fingerprint density at radius 1 is 1.45 bits per heavy atom. The number of anilines is 1. The lowest BCUT2D eigenvalue weighted by Crippen LogP contribution is -1.99. The van der Waals surface area contributed by atoms with Crippen LogP contribution < -0.4 is 11.6 Å². The third-order valence-corrected chi connectivity index (χ3v) is 1.50. The van der Waals surface area contributed by atoms with Crippen LogP contribution in [0.2, 0.25) is 0 Å². The van der Waals surface area contributed by atoms with E-state index in [-0.39, 0.29) is 0 Å². The third-order valence-electron chi connectivity index (χ3n) is 1.50. The molecule has 1 rings (SSSR count). The summed E-state index contributed by atoms with van der Waals surface area (Å²) in [5, 5.41) is 3.56. The van der Waals surface area contributed by atoms with Crippen molar-refractivity contribution in [3.63, 3.8) is 0 Å². The molecule has 4 N–H and O–H groups in total. The molecule has 0 aliphatic rings. The first kappa shape index (κ1) is 7.60. The van der Waals surface area contributed by atoms with Crippen LogP contribution >= 0.6 is 0 Å². The van der Waals surface area contributed by atoms with Crippen LogP contribution in [0.15, 0.2) is 29.4 Å². The summed E-state index contributed by atoms with van der Waals surface area (Å²) in [6, 6.07) is 7.46. The third kappa shape index (κ3) is 1.70. The van der Waals surface area contributed by atoms with E-state index in [2.05, 4.69) is 5.10 Å². The zero-order valence-corrected chi connectivity index (χ0v) is 6.41. The van der Waals surface area contributed by atoms with E-state index < -0.39 is 0 Å². The van der Waals surface area contributed by atoms with Crippen molar-refractivity contribution in [2.24, 2.45) is 10.9 Å². The van der Waals surface area contributed by atoms with E-state index in [1.165, 1.54) is 0 Å². The predicted molar refractivity (Wildman–Crippen MR) is 47.3 cm³/mol. The van der Waals surface area contributed by atoms with E-state index in [0.29, 0.717) is 0 Å². The van der Waals surface area contributed by atoms with E-state index in [1.54, 1.807) is 0 Å². The second kappa shape index (κ2) is 3.05. The molecule has 0 aliphatic heterocycles. The molecule has 0 bridgehead atoms. The van der Waals surface area contributed by atoms with Gasteiger partial charge < -0.3 is 11.6 Å². The number of hydrazone groups is 1. The highest BCUT2D eigenvalue weighted by molar-refractivity contribution is 5.99. The molecule has 0 heterocycles. The quantitative estimate of drug-likeness (QED) is 0.270. The molecular weight excluding hydrogens is 138 g/mol. The average Bonchev–Trinajstić information content (AvgIpc) is 2.03. The summed E-state index contributed by atoms with van der Waals surface area (Å²) < 4.78 is 0. The lowest BCUT2D eigenvalue weighted by atomic mass is 10.1. The van der Waals surface area contributed by atoms with Crippen molar-refractivity contribution in [2.75, 3.05) is 5.73 Å². The van der Waals surface area contributed by atoms with Gasteiger partial charge in [0.25, 0.3) is 0 Å². The van der Waals surface area contributed by atoms with E-state index in [1.807, 2.05) is 31.2 Å². The highest BCUT2D eigenvalue weighted by Crippen LogP contribution is 2.06. The van der Waals surface area contributed by atoms with Gasteiger partial charge in [0.05, 0.1) is 5.71 Å². The molecule has 0 saturated carbocycles. The fourth-order valence-corrected chi connectivity index (χ4v) is 0.838. The molecule has 0 spiro atoms. The smallest absolute Gasteiger partial charge is 0.0642 e. The van der Waals surface area contributed by atoms with E-state index in [9.17, 15) is 0 Å². The molecule has 0 fully saturated rings. The number of rotatable bonds is 1. The fourth-order valence-electron chi connectivity index (χ4n) is 0.838. The summed E-state index contributed by atoms with van der Waals surface area (Å²) in [5.41, 5.74) is 8.04. The second-order valence-electron chi connectivity index (χ2n) is 2.34. The van der Waals surface area contributed by atoms with Crippen molar-refractivity contribution in [1.29, 1.82) is 0 Å². The molecule has 58 valence electrons. The standard InChI is InChI=1S/C8H11N3/c1-6(11-10)7-3-2-4-8(9)5-7/h2-5H,9-10H2,1H3/b11-6+. The Morgan fingerprint density at radius 3 is 2.73 bits per heavy atom. The van der Waals surface area contributed by atoms with Gasteiger partial charge >= 0.3 is 0 Å². The van der Waals surface area contributed by atoms with Crippen molar-refractivity contribution in [3.8, 4) is 0 Å². The molecule has 0 radical (unpaired) electrons. The van der Waals surface area contributed by atoms with Crippen molar-refractivity contribution >= 4 is 11.4 Å². The van der Waals surface area contributed by atoms with Gasteiger partial charge in [0.15, 0.2) is 0 Å². The van der Waals surface area contributed by atoms with Crippen LogP contribution in [-0.2, 0) is 0 Å². The number of benzene rings is 1. The van der Waals surface area contributed by atoms with Gasteiger partial charge in [-0.15, -0.1) is 0 Å². The Labute approximate surface area is 65.7 Å². The minimum Gasteiger partial charge on any atom is -0.399 e. The van der Waals surface area contributed by atoms with E-state index in [4.69, 9.17) is 11.6 Å². The lowest BCUT2D eigenvalue weighted by molar-refractivity contribution is 1.24. The van der Waals surface area contributed by atoms with E-state index >= 15 is 0 Å². The van der Waals surface area contributed by atoms with Crippen LogP contribution in [0.4, 0.5) is 5.69 Å². The maximum absolute atomic E-state index is 5.56. The monoisotopic (exact) mass is 149 g/mol. The minimum absolute atomic E-state index is 0.727. The van der Waals surface area contributed by atoms with Crippen molar-refractivity contribution in [1.82, 2.24) is 0 Å². The van der Waals surface area contributed by atoms with Gasteiger partial charge in [-0.25, -0.2) is 0 Å². The molecule has 1 aromatic carbocycles. The predicted octanol–water partition coefficient (Wildman–Crippen LogP) is 0.952. The highest BCUT2D eigenvalue weighted by atomic mass is 15.1. The number of hydrogen-bond donors (Lipinski definition) is 2. The maximum Gasteiger partial charge on any atom is 0.0642 e. The van der Waals surface area contributed by atoms with Gasteiger partial charge in [-0.3, -0.25) is 0 Å². The summed E-state index contributed by atoms with van der Waals surface area (Å²) in [5.74, 6) is 5.10. The van der Waals surface area contributed by atoms with Crippen molar-refractivity contribution in [2.45, 2.75) is 6.92 Å². The Hall–Kier alpha value is -1.51. The fraction of sp³-hybridized carbons (Fsp3) is 0.125. The minimum atomic E-state index is 0.727. The first-order valence-electron chi connectivity index (χ1n) is 3.34. The highest BCUT2D eigenvalue weighted by Gasteiger charge is 1.95. The van der Waals surface area contributed by atoms with Crippen LogP contribution in [0.25, 0.3) is 0 Å². The molecule has 0 atom stereocenters. The molecule has 0 unspecified atom stereocenters. The van der Waals surface area contributed by atoms with Gasteiger partial charge in [-0.05, 0) is 24.6 Å². The SMILES string of the molecule is C/C(=N\N)c1cccc(N)c1. The first-order valence-corrected chi connectivity index (χ1v) is 3.34. The number of nitrogens with zero attached hydrogens (tertiary/aromatic N) is 1. The van der Waals surface area contributed by atoms with Gasteiger partial charge in [0, 0.05) is 5.69 Å². The molecule has 11 heavy (non-hydrogen) atoms. The van der Waals surface area contributed by atoms with Crippen molar-refractivity contribution < 1.29 is 0 Å². The molecule has 3 heteroatoms. The Morgan fingerprint density at radius 2 is 2.18 bits per heavy atom. The van der Waals surface area contributed by atoms with Crippen LogP contribution in [0.5, 0.6) is 0 Å². The Kier molecular flexibility index (Phi) is 2.11. The summed E-state index contributed by atoms with van der Waals surface area (Å²) in [6.45, 7) is 1.84. The van der Waals surface area contributed by atoms with Crippen LogP contribution in [0.1, 0.15) is 12.5 Å². The van der Waals surface area contributed by atoms with Gasteiger partial charge in [0.1, 0.15) is 0 Å². The van der Waals surface area contributed by atoms with Gasteiger partial charge in [-0.2, -0.15) is 5.10 Å². The first-order chi connectivity index (χ1) is 5.24. The topological polar surface area (TPSA) is 64.4 Å². The molecular formula is C8H11N3. The molecule has 3 nitrogen and oxygen atoms in total. The van der Waals surface area contributed by atoms with Crippen LogP contribution in [0.3, 0.4) is 0 Å². The molecule has 0 aromatic heterocycles. The Bertz CT molecular complexity index is 278. The normalized spacial score (nSPS) is 11.5. The second-order valence-corrected chi connectivity index (χ2v) is 2.34. The van der Waals surface area contributed by atoms with Crippen LogP contribution in [0, 0.1) is 0 Å². The van der Waals surface area contributed by atoms with Crippen molar-refractivity contribution in [3.05, 3.63) is 29.8 Å². The van der Waals surface area contributed by atoms with Gasteiger partial charge in [-0.1, -0.05) is 12.1 Å². The summed E-state index contributed by atoms with van der Waals surface area (Å²) in [7, 11) is 0. The summed E-state index contributed by atoms with van der Waals surface area (Å²) in [6.07, 6.45) is 0.